The van der Waals surface area contributed by atoms with Crippen molar-refractivity contribution in [2.75, 3.05) is 39.5 Å². The number of ketones is 1. The van der Waals surface area contributed by atoms with E-state index in [1.807, 2.05) is 42.7 Å². The minimum Gasteiger partial charge on any atom is -0.486 e. The van der Waals surface area contributed by atoms with Crippen molar-refractivity contribution in [3.63, 3.8) is 0 Å². The van der Waals surface area contributed by atoms with Crippen molar-refractivity contribution in [1.29, 1.82) is 0 Å². The van der Waals surface area contributed by atoms with Crippen LogP contribution in [0.25, 0.3) is 0 Å². The molecule has 1 fully saturated rings. The molecular weight excluding hydrogens is 524 g/mol. The van der Waals surface area contributed by atoms with E-state index in [-0.39, 0.29) is 35.4 Å². The molecule has 11 heteroatoms. The van der Waals surface area contributed by atoms with Gasteiger partial charge < -0.3 is 23.5 Å². The molecule has 0 aliphatic carbocycles. The van der Waals surface area contributed by atoms with Crippen LogP contribution in [0.3, 0.4) is 0 Å². The zero-order valence-corrected chi connectivity index (χ0v) is 22.6. The fourth-order valence-electron chi connectivity index (χ4n) is 4.73. The number of fused-ring (bicyclic) bond motifs is 1. The number of hydrogen-bond donors (Lipinski definition) is 0. The zero-order chi connectivity index (χ0) is 27.6. The zero-order valence-electron chi connectivity index (χ0n) is 21.8. The number of sulfonamides is 1. The number of rotatable bonds is 8. The first-order valence-electron chi connectivity index (χ1n) is 12.7. The summed E-state index contributed by atoms with van der Waals surface area (Å²) in [4.78, 5) is 25.7. The van der Waals surface area contributed by atoms with E-state index in [0.29, 0.717) is 43.4 Å². The number of carbonyl (C=O) groups is 2. The topological polar surface area (TPSA) is 113 Å². The third-order valence-electron chi connectivity index (χ3n) is 6.84. The first-order chi connectivity index (χ1) is 18.7. The van der Waals surface area contributed by atoms with Crippen LogP contribution in [0.1, 0.15) is 32.1 Å². The number of aromatic nitrogens is 1. The molecule has 1 atom stereocenters. The summed E-state index contributed by atoms with van der Waals surface area (Å²) in [5.41, 5.74) is 2.10. The number of Topliss-reactive ketones (excluding diaryl/α,β-unsaturated/α-hetero) is 1. The molecule has 1 aromatic heterocycles. The SMILES string of the molecule is Cc1cc(C(=O)COC(=O)c2cccc(S(=O)(=O)N3CCOCC3)c2)c(C)n1C[C@H]1COc2ccccc2O1. The van der Waals surface area contributed by atoms with E-state index in [2.05, 4.69) is 0 Å². The molecule has 2 aromatic carbocycles. The molecule has 39 heavy (non-hydrogen) atoms. The molecular formula is C28H30N2O8S. The minimum atomic E-state index is -3.77. The Bertz CT molecular complexity index is 1490. The van der Waals surface area contributed by atoms with Gasteiger partial charge in [-0.15, -0.1) is 0 Å². The Morgan fingerprint density at radius 1 is 1.00 bits per heavy atom. The van der Waals surface area contributed by atoms with Crippen LogP contribution in [0.2, 0.25) is 0 Å². The summed E-state index contributed by atoms with van der Waals surface area (Å²) >= 11 is 0. The smallest absolute Gasteiger partial charge is 0.338 e. The number of aryl methyl sites for hydroxylation is 1. The molecule has 2 aliphatic heterocycles. The number of hydrogen-bond acceptors (Lipinski definition) is 8. The van der Waals surface area contributed by atoms with Crippen LogP contribution in [0.5, 0.6) is 11.5 Å². The molecule has 0 N–H and O–H groups in total. The highest BCUT2D eigenvalue weighted by Crippen LogP contribution is 2.31. The summed E-state index contributed by atoms with van der Waals surface area (Å²) in [5, 5.41) is 0. The van der Waals surface area contributed by atoms with E-state index in [1.165, 1.54) is 28.6 Å². The Hall–Kier alpha value is -3.67. The van der Waals surface area contributed by atoms with E-state index < -0.39 is 22.6 Å². The third kappa shape index (κ3) is 5.70. The van der Waals surface area contributed by atoms with Gasteiger partial charge in [-0.2, -0.15) is 4.31 Å². The number of ether oxygens (including phenoxy) is 4. The Balaban J connectivity index is 1.22. The predicted octanol–water partition coefficient (Wildman–Crippen LogP) is 3.01. The van der Waals surface area contributed by atoms with Crippen molar-refractivity contribution in [2.45, 2.75) is 31.4 Å². The molecule has 0 spiro atoms. The first-order valence-corrected chi connectivity index (χ1v) is 14.1. The monoisotopic (exact) mass is 554 g/mol. The van der Waals surface area contributed by atoms with Crippen molar-refractivity contribution in [3.8, 4) is 11.5 Å². The second-order valence-electron chi connectivity index (χ2n) is 9.44. The number of benzene rings is 2. The van der Waals surface area contributed by atoms with E-state index in [0.717, 1.165) is 11.4 Å². The second-order valence-corrected chi connectivity index (χ2v) is 11.4. The summed E-state index contributed by atoms with van der Waals surface area (Å²) < 4.78 is 51.5. The first kappa shape index (κ1) is 26.9. The molecule has 0 unspecified atom stereocenters. The summed E-state index contributed by atoms with van der Waals surface area (Å²) in [5.74, 6) is 0.256. The average molecular weight is 555 g/mol. The quantitative estimate of drug-likeness (QED) is 0.309. The fraction of sp³-hybridized carbons (Fsp3) is 0.357. The summed E-state index contributed by atoms with van der Waals surface area (Å²) in [6, 6.07) is 14.9. The van der Waals surface area contributed by atoms with Gasteiger partial charge in [0, 0.05) is 30.0 Å². The maximum absolute atomic E-state index is 13.0. The molecule has 2 aliphatic rings. The summed E-state index contributed by atoms with van der Waals surface area (Å²) in [7, 11) is -3.77. The molecule has 0 radical (unpaired) electrons. The van der Waals surface area contributed by atoms with Gasteiger partial charge in [0.05, 0.1) is 30.2 Å². The van der Waals surface area contributed by atoms with Crippen LogP contribution in [0, 0.1) is 13.8 Å². The van der Waals surface area contributed by atoms with Gasteiger partial charge in [0.15, 0.2) is 24.2 Å². The highest BCUT2D eigenvalue weighted by atomic mass is 32.2. The number of morpholine rings is 1. The van der Waals surface area contributed by atoms with E-state index in [9.17, 15) is 18.0 Å². The number of nitrogens with zero attached hydrogens (tertiary/aromatic N) is 2. The van der Waals surface area contributed by atoms with Gasteiger partial charge in [-0.25, -0.2) is 13.2 Å². The van der Waals surface area contributed by atoms with Crippen LogP contribution in [0.4, 0.5) is 0 Å². The molecule has 3 heterocycles. The molecule has 206 valence electrons. The Morgan fingerprint density at radius 2 is 1.74 bits per heavy atom. The number of carbonyl (C=O) groups excluding carboxylic acids is 2. The van der Waals surface area contributed by atoms with Crippen LogP contribution in [0.15, 0.2) is 59.5 Å². The van der Waals surface area contributed by atoms with Crippen molar-refractivity contribution in [2.24, 2.45) is 0 Å². The minimum absolute atomic E-state index is 0.00902. The Labute approximate surface area is 227 Å². The van der Waals surface area contributed by atoms with Gasteiger partial charge in [0.25, 0.3) is 0 Å². The molecule has 0 bridgehead atoms. The lowest BCUT2D eigenvalue weighted by Crippen LogP contribution is -2.40. The molecule has 0 amide bonds. The van der Waals surface area contributed by atoms with Crippen LogP contribution >= 0.6 is 0 Å². The van der Waals surface area contributed by atoms with Gasteiger partial charge >= 0.3 is 5.97 Å². The molecule has 10 nitrogen and oxygen atoms in total. The van der Waals surface area contributed by atoms with Gasteiger partial charge in [-0.3, -0.25) is 4.79 Å². The van der Waals surface area contributed by atoms with Crippen LogP contribution in [-0.2, 0) is 26.0 Å². The van der Waals surface area contributed by atoms with Gasteiger partial charge in [0.2, 0.25) is 15.8 Å². The van der Waals surface area contributed by atoms with E-state index >= 15 is 0 Å². The number of para-hydroxylation sites is 2. The van der Waals surface area contributed by atoms with Crippen molar-refractivity contribution >= 4 is 21.8 Å². The standard InChI is InChI=1S/C28H30N2O8S/c1-19-14-24(20(2)30(19)16-22-17-36-26-8-3-4-9-27(26)38-22)25(31)18-37-28(32)21-6-5-7-23(15-21)39(33,34)29-10-12-35-13-11-29/h3-9,14-15,22H,10-13,16-18H2,1-2H3/t22-/m0/s1. The maximum Gasteiger partial charge on any atom is 0.338 e. The molecule has 1 saturated heterocycles. The van der Waals surface area contributed by atoms with Crippen molar-refractivity contribution in [3.05, 3.63) is 77.1 Å². The van der Waals surface area contributed by atoms with Crippen molar-refractivity contribution in [1.82, 2.24) is 8.87 Å². The average Bonchev–Trinajstić information content (AvgIpc) is 3.24. The van der Waals surface area contributed by atoms with Crippen LogP contribution < -0.4 is 9.47 Å². The molecule has 5 rings (SSSR count). The summed E-state index contributed by atoms with van der Waals surface area (Å²) in [6.45, 7) is 5.26. The number of esters is 1. The van der Waals surface area contributed by atoms with Gasteiger partial charge in [-0.05, 0) is 50.2 Å². The van der Waals surface area contributed by atoms with Crippen molar-refractivity contribution < 1.29 is 37.0 Å². The Kier molecular flexibility index (Phi) is 7.74. The van der Waals surface area contributed by atoms with Crippen LogP contribution in [-0.4, -0.2) is 74.7 Å². The lowest BCUT2D eigenvalue weighted by Gasteiger charge is -2.27. The Morgan fingerprint density at radius 3 is 2.51 bits per heavy atom. The highest BCUT2D eigenvalue weighted by molar-refractivity contribution is 7.89. The van der Waals surface area contributed by atoms with E-state index in [1.54, 1.807) is 6.07 Å². The fourth-order valence-corrected chi connectivity index (χ4v) is 6.19. The third-order valence-corrected chi connectivity index (χ3v) is 8.73. The second kappa shape index (κ2) is 11.2. The van der Waals surface area contributed by atoms with Gasteiger partial charge in [0.1, 0.15) is 6.61 Å². The normalized spacial score (nSPS) is 17.5. The highest BCUT2D eigenvalue weighted by Gasteiger charge is 2.28. The van der Waals surface area contributed by atoms with E-state index in [4.69, 9.17) is 18.9 Å². The molecule has 0 saturated carbocycles. The molecule has 3 aromatic rings. The lowest BCUT2D eigenvalue weighted by atomic mass is 10.1. The largest absolute Gasteiger partial charge is 0.486 e. The maximum atomic E-state index is 13.0. The van der Waals surface area contributed by atoms with Gasteiger partial charge in [-0.1, -0.05) is 18.2 Å². The predicted molar refractivity (Wildman–Crippen MR) is 141 cm³/mol. The lowest BCUT2D eigenvalue weighted by molar-refractivity contribution is 0.0474. The summed E-state index contributed by atoms with van der Waals surface area (Å²) in [6.07, 6.45) is -0.230.